The lowest BCUT2D eigenvalue weighted by Gasteiger charge is -2.28. The number of rotatable bonds is 9. The highest BCUT2D eigenvalue weighted by molar-refractivity contribution is 7.92. The Morgan fingerprint density at radius 2 is 1.88 bits per heavy atom. The van der Waals surface area contributed by atoms with Crippen LogP contribution in [0.5, 0.6) is 0 Å². The molecular formula is C25H35FN2O3S. The summed E-state index contributed by atoms with van der Waals surface area (Å²) in [5.41, 5.74) is 3.61. The molecule has 7 heteroatoms. The lowest BCUT2D eigenvalue weighted by Crippen LogP contribution is -2.39. The van der Waals surface area contributed by atoms with Crippen molar-refractivity contribution in [3.8, 4) is 0 Å². The molecule has 1 N–H and O–H groups in total. The predicted octanol–water partition coefficient (Wildman–Crippen LogP) is 4.62. The summed E-state index contributed by atoms with van der Waals surface area (Å²) in [7, 11) is -3.71. The second-order valence-electron chi connectivity index (χ2n) is 9.15. The van der Waals surface area contributed by atoms with E-state index in [2.05, 4.69) is 5.32 Å². The van der Waals surface area contributed by atoms with Crippen molar-refractivity contribution in [2.75, 3.05) is 30.5 Å². The molecular weight excluding hydrogens is 427 g/mol. The van der Waals surface area contributed by atoms with Gasteiger partial charge in [-0.25, -0.2) is 12.8 Å². The highest BCUT2D eigenvalue weighted by Gasteiger charge is 2.27. The predicted molar refractivity (Wildman–Crippen MR) is 127 cm³/mol. The molecule has 32 heavy (non-hydrogen) atoms. The Bertz CT molecular complexity index is 993. The zero-order valence-corrected chi connectivity index (χ0v) is 20.3. The first-order valence-corrected chi connectivity index (χ1v) is 12.7. The van der Waals surface area contributed by atoms with E-state index in [9.17, 15) is 12.8 Å². The molecule has 176 valence electrons. The van der Waals surface area contributed by atoms with Crippen molar-refractivity contribution in [1.82, 2.24) is 5.32 Å². The zero-order chi connectivity index (χ0) is 23.3. The molecule has 1 heterocycles. The van der Waals surface area contributed by atoms with E-state index >= 15 is 0 Å². The van der Waals surface area contributed by atoms with E-state index in [0.717, 1.165) is 29.7 Å². The molecule has 0 spiro atoms. The summed E-state index contributed by atoms with van der Waals surface area (Å²) in [4.78, 5) is 0.254. The van der Waals surface area contributed by atoms with Crippen LogP contribution in [0.15, 0.2) is 47.4 Å². The van der Waals surface area contributed by atoms with E-state index in [0.29, 0.717) is 32.0 Å². The number of sulfonamides is 1. The molecule has 5 nitrogen and oxygen atoms in total. The molecule has 0 aromatic heterocycles. The van der Waals surface area contributed by atoms with Gasteiger partial charge in [0.15, 0.2) is 0 Å². The van der Waals surface area contributed by atoms with Gasteiger partial charge in [0.25, 0.3) is 10.0 Å². The van der Waals surface area contributed by atoms with Gasteiger partial charge in [-0.05, 0) is 62.1 Å². The first kappa shape index (κ1) is 24.7. The Kier molecular flexibility index (Phi) is 8.31. The van der Waals surface area contributed by atoms with E-state index in [1.807, 2.05) is 45.9 Å². The molecule has 1 fully saturated rings. The second-order valence-corrected chi connectivity index (χ2v) is 11.0. The Labute approximate surface area is 192 Å². The van der Waals surface area contributed by atoms with Crippen molar-refractivity contribution < 1.29 is 17.5 Å². The maximum Gasteiger partial charge on any atom is 0.264 e. The van der Waals surface area contributed by atoms with Crippen molar-refractivity contribution in [2.45, 2.75) is 51.8 Å². The average molecular weight is 463 g/mol. The standard InChI is InChI=1S/C25H35FN2O3S/c1-18(2)15-28(25-10-5-19(3)13-20(25)4)32(29,30)23-8-6-21(7-9-23)16-31-17-22-11-12-27-14-24(22)26/h5-10,13,18,22,24,27H,11-12,14-17H2,1-4H3/t22-,24-/m1/s1. The lowest BCUT2D eigenvalue weighted by molar-refractivity contribution is 0.0412. The number of halogens is 1. The van der Waals surface area contributed by atoms with Crippen molar-refractivity contribution in [3.63, 3.8) is 0 Å². The van der Waals surface area contributed by atoms with Gasteiger partial charge in [0.1, 0.15) is 6.17 Å². The summed E-state index contributed by atoms with van der Waals surface area (Å²) in [6.07, 6.45) is -0.115. The molecule has 0 radical (unpaired) electrons. The Hall–Kier alpha value is -1.96. The van der Waals surface area contributed by atoms with Gasteiger partial charge in [-0.1, -0.05) is 43.7 Å². The minimum Gasteiger partial charge on any atom is -0.376 e. The molecule has 0 saturated carbocycles. The minimum atomic E-state index is -3.71. The summed E-state index contributed by atoms with van der Waals surface area (Å²) in [5.74, 6) is 0.0886. The topological polar surface area (TPSA) is 58.6 Å². The Balaban J connectivity index is 1.73. The third-order valence-electron chi connectivity index (χ3n) is 5.81. The van der Waals surface area contributed by atoms with E-state index in [1.165, 1.54) is 4.31 Å². The van der Waals surface area contributed by atoms with E-state index < -0.39 is 16.2 Å². The third-order valence-corrected chi connectivity index (χ3v) is 7.60. The van der Waals surface area contributed by atoms with Crippen LogP contribution >= 0.6 is 0 Å². The number of hydrogen-bond donors (Lipinski definition) is 1. The fourth-order valence-corrected chi connectivity index (χ4v) is 5.71. The molecule has 3 rings (SSSR count). The quantitative estimate of drug-likeness (QED) is 0.591. The van der Waals surface area contributed by atoms with Crippen LogP contribution in [0.1, 0.15) is 37.0 Å². The van der Waals surface area contributed by atoms with E-state index in [1.54, 1.807) is 24.3 Å². The summed E-state index contributed by atoms with van der Waals surface area (Å²) in [6, 6.07) is 12.6. The van der Waals surface area contributed by atoms with Crippen molar-refractivity contribution in [2.24, 2.45) is 11.8 Å². The zero-order valence-electron chi connectivity index (χ0n) is 19.5. The van der Waals surface area contributed by atoms with Gasteiger partial charge in [0.2, 0.25) is 0 Å². The van der Waals surface area contributed by atoms with Crippen LogP contribution in [0.2, 0.25) is 0 Å². The number of alkyl halides is 1. The molecule has 0 aliphatic carbocycles. The van der Waals surface area contributed by atoms with E-state index in [4.69, 9.17) is 4.74 Å². The van der Waals surface area contributed by atoms with Gasteiger partial charge in [-0.3, -0.25) is 4.31 Å². The van der Waals surface area contributed by atoms with Crippen LogP contribution in [0, 0.1) is 25.7 Å². The Morgan fingerprint density at radius 1 is 1.16 bits per heavy atom. The fourth-order valence-electron chi connectivity index (χ4n) is 4.02. The highest BCUT2D eigenvalue weighted by atomic mass is 32.2. The number of anilines is 1. The first-order chi connectivity index (χ1) is 15.2. The number of hydrogen-bond acceptors (Lipinski definition) is 4. The number of ether oxygens (including phenoxy) is 1. The minimum absolute atomic E-state index is 0.0850. The molecule has 0 amide bonds. The van der Waals surface area contributed by atoms with Crippen LogP contribution in [-0.4, -0.2) is 40.8 Å². The van der Waals surface area contributed by atoms with Crippen LogP contribution in [0.4, 0.5) is 10.1 Å². The number of benzene rings is 2. The molecule has 0 unspecified atom stereocenters. The van der Waals surface area contributed by atoms with Crippen LogP contribution in [0.25, 0.3) is 0 Å². The van der Waals surface area contributed by atoms with Gasteiger partial charge < -0.3 is 10.1 Å². The summed E-state index contributed by atoms with van der Waals surface area (Å²) in [6.45, 7) is 10.3. The fraction of sp³-hybridized carbons (Fsp3) is 0.520. The molecule has 1 saturated heterocycles. The normalized spacial score (nSPS) is 19.3. The van der Waals surface area contributed by atoms with Crippen LogP contribution in [0.3, 0.4) is 0 Å². The van der Waals surface area contributed by atoms with E-state index in [-0.39, 0.29) is 16.7 Å². The SMILES string of the molecule is Cc1ccc(N(CC(C)C)S(=O)(=O)c2ccc(COC[C@H]3CCNC[C@H]3F)cc2)c(C)c1. The van der Waals surface area contributed by atoms with Crippen molar-refractivity contribution in [3.05, 3.63) is 59.2 Å². The average Bonchev–Trinajstić information content (AvgIpc) is 2.74. The molecule has 0 bridgehead atoms. The smallest absolute Gasteiger partial charge is 0.264 e. The largest absolute Gasteiger partial charge is 0.376 e. The van der Waals surface area contributed by atoms with Crippen LogP contribution < -0.4 is 9.62 Å². The summed E-state index contributed by atoms with van der Waals surface area (Å²) < 4.78 is 48.2. The van der Waals surface area contributed by atoms with Gasteiger partial charge in [-0.15, -0.1) is 0 Å². The third kappa shape index (κ3) is 6.09. The summed E-state index contributed by atoms with van der Waals surface area (Å²) >= 11 is 0. The number of nitrogens with zero attached hydrogens (tertiary/aromatic N) is 1. The van der Waals surface area contributed by atoms with Crippen LogP contribution in [-0.2, 0) is 21.4 Å². The number of aryl methyl sites for hydroxylation is 2. The Morgan fingerprint density at radius 3 is 2.50 bits per heavy atom. The monoisotopic (exact) mass is 462 g/mol. The molecule has 1 aliphatic heterocycles. The molecule has 1 aliphatic rings. The first-order valence-electron chi connectivity index (χ1n) is 11.3. The molecule has 2 atom stereocenters. The second kappa shape index (κ2) is 10.8. The maximum absolute atomic E-state index is 13.9. The van der Waals surface area contributed by atoms with Crippen molar-refractivity contribution in [1.29, 1.82) is 0 Å². The van der Waals surface area contributed by atoms with Gasteiger partial charge in [0, 0.05) is 19.0 Å². The van der Waals surface area contributed by atoms with Crippen molar-refractivity contribution >= 4 is 15.7 Å². The van der Waals surface area contributed by atoms with Gasteiger partial charge in [0.05, 0.1) is 23.8 Å². The molecule has 2 aromatic rings. The summed E-state index contributed by atoms with van der Waals surface area (Å²) in [5, 5.41) is 3.04. The maximum atomic E-state index is 13.9. The number of nitrogens with one attached hydrogen (secondary N) is 1. The highest BCUT2D eigenvalue weighted by Crippen LogP contribution is 2.29. The van der Waals surface area contributed by atoms with Gasteiger partial charge in [-0.2, -0.15) is 0 Å². The number of piperidine rings is 1. The van der Waals surface area contributed by atoms with Gasteiger partial charge >= 0.3 is 0 Å². The lowest BCUT2D eigenvalue weighted by atomic mass is 9.97. The molecule has 2 aromatic carbocycles.